The number of alkyl halides is 1. The van der Waals surface area contributed by atoms with Crippen LogP contribution in [0.1, 0.15) is 27.0 Å². The van der Waals surface area contributed by atoms with Gasteiger partial charge in [-0.2, -0.15) is 5.10 Å². The molecular formula is C23H27FN3O3P. The third-order valence-corrected chi connectivity index (χ3v) is 5.22. The number of nitrogens with one attached hydrogen (secondary N) is 1. The summed E-state index contributed by atoms with van der Waals surface area (Å²) in [6.45, 7) is 4.26. The lowest BCUT2D eigenvalue weighted by Crippen LogP contribution is -2.09. The number of carbonyl (C=O) groups is 1. The molecular weight excluding hydrogens is 416 g/mol. The molecule has 1 N–H and O–H groups in total. The molecule has 6 nitrogen and oxygen atoms in total. The van der Waals surface area contributed by atoms with Gasteiger partial charge in [0.15, 0.2) is 6.29 Å². The first kappa shape index (κ1) is 22.8. The Labute approximate surface area is 184 Å². The van der Waals surface area contributed by atoms with Gasteiger partial charge in [-0.15, -0.1) is 0 Å². The van der Waals surface area contributed by atoms with Crippen LogP contribution >= 0.6 is 9.24 Å². The summed E-state index contributed by atoms with van der Waals surface area (Å²) in [6.07, 6.45) is 0.685. The minimum atomic E-state index is -1.23. The highest BCUT2D eigenvalue weighted by atomic mass is 31.0. The van der Waals surface area contributed by atoms with E-state index in [0.717, 1.165) is 33.7 Å². The quantitative estimate of drug-likeness (QED) is 0.384. The van der Waals surface area contributed by atoms with Crippen LogP contribution in [0.4, 0.5) is 10.1 Å². The molecule has 0 radical (unpaired) electrons. The number of aryl methyl sites for hydroxylation is 3. The van der Waals surface area contributed by atoms with Gasteiger partial charge in [0, 0.05) is 30.9 Å². The van der Waals surface area contributed by atoms with E-state index in [-0.39, 0.29) is 12.5 Å². The average Bonchev–Trinajstić information content (AvgIpc) is 3.07. The van der Waals surface area contributed by atoms with E-state index in [1.807, 2.05) is 53.5 Å². The Bertz CT molecular complexity index is 1080. The van der Waals surface area contributed by atoms with Gasteiger partial charge in [-0.25, -0.2) is 9.07 Å². The maximum Gasteiger partial charge on any atom is 0.223 e. The van der Waals surface area contributed by atoms with Gasteiger partial charge in [-0.05, 0) is 49.2 Å². The van der Waals surface area contributed by atoms with E-state index in [1.165, 1.54) is 4.68 Å². The number of ether oxygens (including phenoxy) is 2. The van der Waals surface area contributed by atoms with Crippen molar-refractivity contribution in [3.8, 4) is 22.9 Å². The second-order valence-corrected chi connectivity index (χ2v) is 7.98. The lowest BCUT2D eigenvalue weighted by atomic mass is 10.0. The number of halogens is 1. The predicted octanol–water partition coefficient (Wildman–Crippen LogP) is 4.69. The standard InChI is InChI=1S/C23H27FN3O3P/c1-14-6-5-7-19(25-3)18(14)12-29-20-9-8-16(10-15(20)2)22-17(11-28)23(27(4)26-22)30-13-21(24)31/h5-11,21,25H,12-13,31H2,1-4H3. The van der Waals surface area contributed by atoms with Crippen molar-refractivity contribution in [3.05, 3.63) is 58.7 Å². The van der Waals surface area contributed by atoms with Crippen LogP contribution in [-0.4, -0.2) is 35.6 Å². The van der Waals surface area contributed by atoms with E-state index in [4.69, 9.17) is 9.47 Å². The third-order valence-electron chi connectivity index (χ3n) is 5.03. The van der Waals surface area contributed by atoms with Crippen molar-refractivity contribution in [2.75, 3.05) is 19.0 Å². The van der Waals surface area contributed by atoms with Gasteiger partial charge in [0.05, 0.1) is 0 Å². The lowest BCUT2D eigenvalue weighted by molar-refractivity contribution is 0.111. The van der Waals surface area contributed by atoms with Crippen LogP contribution in [0, 0.1) is 13.8 Å². The monoisotopic (exact) mass is 443 g/mol. The highest BCUT2D eigenvalue weighted by molar-refractivity contribution is 7.17. The molecule has 1 heterocycles. The normalized spacial score (nSPS) is 11.8. The first-order chi connectivity index (χ1) is 14.8. The molecule has 0 fully saturated rings. The molecule has 2 atom stereocenters. The summed E-state index contributed by atoms with van der Waals surface area (Å²) in [5.74, 6) is -0.238. The maximum absolute atomic E-state index is 13.2. The number of nitrogens with zero attached hydrogens (tertiary/aromatic N) is 2. The number of hydrogen-bond donors (Lipinski definition) is 1. The first-order valence-corrected chi connectivity index (χ1v) is 10.6. The summed E-state index contributed by atoms with van der Waals surface area (Å²) in [5, 5.41) is 7.61. The van der Waals surface area contributed by atoms with E-state index in [2.05, 4.69) is 23.4 Å². The molecule has 8 heteroatoms. The molecule has 0 aliphatic rings. The summed E-state index contributed by atoms with van der Waals surface area (Å²) < 4.78 is 26.1. The molecule has 164 valence electrons. The molecule has 3 aromatic rings. The minimum absolute atomic E-state index is 0.177. The Kier molecular flexibility index (Phi) is 7.29. The molecule has 31 heavy (non-hydrogen) atoms. The van der Waals surface area contributed by atoms with Crippen molar-refractivity contribution >= 4 is 21.2 Å². The zero-order valence-electron chi connectivity index (χ0n) is 18.1. The van der Waals surface area contributed by atoms with E-state index in [0.29, 0.717) is 24.2 Å². The van der Waals surface area contributed by atoms with Crippen LogP contribution in [0.5, 0.6) is 11.6 Å². The summed E-state index contributed by atoms with van der Waals surface area (Å²) >= 11 is 0. The zero-order chi connectivity index (χ0) is 22.5. The predicted molar refractivity (Wildman–Crippen MR) is 124 cm³/mol. The number of aromatic nitrogens is 2. The SMILES string of the molecule is CNc1cccc(C)c1COc1ccc(-c2nn(C)c(OCC(F)P)c2C=O)cc1C. The maximum atomic E-state index is 13.2. The van der Waals surface area contributed by atoms with Crippen molar-refractivity contribution in [1.82, 2.24) is 9.78 Å². The van der Waals surface area contributed by atoms with Crippen molar-refractivity contribution in [3.63, 3.8) is 0 Å². The number of aldehydes is 1. The van der Waals surface area contributed by atoms with Crippen LogP contribution in [-0.2, 0) is 13.7 Å². The molecule has 0 bridgehead atoms. The molecule has 0 saturated carbocycles. The highest BCUT2D eigenvalue weighted by Gasteiger charge is 2.20. The van der Waals surface area contributed by atoms with Crippen LogP contribution in [0.2, 0.25) is 0 Å². The van der Waals surface area contributed by atoms with Gasteiger partial charge in [0.25, 0.3) is 0 Å². The van der Waals surface area contributed by atoms with Crippen molar-refractivity contribution in [2.24, 2.45) is 7.05 Å². The van der Waals surface area contributed by atoms with E-state index in [1.54, 1.807) is 7.05 Å². The number of anilines is 1. The highest BCUT2D eigenvalue weighted by Crippen LogP contribution is 2.32. The minimum Gasteiger partial charge on any atom is -0.489 e. The van der Waals surface area contributed by atoms with Crippen LogP contribution in [0.15, 0.2) is 36.4 Å². The Morgan fingerprint density at radius 2 is 2.00 bits per heavy atom. The van der Waals surface area contributed by atoms with Crippen LogP contribution < -0.4 is 14.8 Å². The van der Waals surface area contributed by atoms with Crippen molar-refractivity contribution < 1.29 is 18.7 Å². The Balaban J connectivity index is 1.85. The summed E-state index contributed by atoms with van der Waals surface area (Å²) in [4.78, 5) is 11.7. The van der Waals surface area contributed by atoms with Gasteiger partial charge in [0.2, 0.25) is 5.88 Å². The smallest absolute Gasteiger partial charge is 0.223 e. The number of carbonyl (C=O) groups excluding carboxylic acids is 1. The van der Waals surface area contributed by atoms with E-state index in [9.17, 15) is 9.18 Å². The second kappa shape index (κ2) is 9.92. The molecule has 2 aromatic carbocycles. The van der Waals surface area contributed by atoms with Crippen LogP contribution in [0.3, 0.4) is 0 Å². The fourth-order valence-corrected chi connectivity index (χ4v) is 3.51. The van der Waals surface area contributed by atoms with E-state index >= 15 is 0 Å². The molecule has 0 aliphatic heterocycles. The number of rotatable bonds is 9. The molecule has 1 aromatic heterocycles. The van der Waals surface area contributed by atoms with Gasteiger partial charge >= 0.3 is 0 Å². The summed E-state index contributed by atoms with van der Waals surface area (Å²) in [7, 11) is 5.57. The molecule has 0 amide bonds. The lowest BCUT2D eigenvalue weighted by Gasteiger charge is -2.15. The van der Waals surface area contributed by atoms with Crippen molar-refractivity contribution in [1.29, 1.82) is 0 Å². The fraction of sp³-hybridized carbons (Fsp3) is 0.304. The largest absolute Gasteiger partial charge is 0.489 e. The zero-order valence-corrected chi connectivity index (χ0v) is 19.3. The first-order valence-electron chi connectivity index (χ1n) is 9.90. The van der Waals surface area contributed by atoms with Gasteiger partial charge in [-0.3, -0.25) is 4.79 Å². The number of hydrogen-bond acceptors (Lipinski definition) is 5. The summed E-state index contributed by atoms with van der Waals surface area (Å²) in [6, 6.07) is 11.7. The van der Waals surface area contributed by atoms with Gasteiger partial charge in [-0.1, -0.05) is 21.4 Å². The van der Waals surface area contributed by atoms with Gasteiger partial charge in [0.1, 0.15) is 36.1 Å². The van der Waals surface area contributed by atoms with Crippen molar-refractivity contribution in [2.45, 2.75) is 26.4 Å². The fourth-order valence-electron chi connectivity index (χ4n) is 3.41. The average molecular weight is 443 g/mol. The van der Waals surface area contributed by atoms with Gasteiger partial charge < -0.3 is 14.8 Å². The molecule has 2 unspecified atom stereocenters. The van der Waals surface area contributed by atoms with Crippen LogP contribution in [0.25, 0.3) is 11.3 Å². The second-order valence-electron chi connectivity index (χ2n) is 7.26. The molecule has 0 aliphatic carbocycles. The van der Waals surface area contributed by atoms with E-state index < -0.39 is 5.91 Å². The third kappa shape index (κ3) is 5.05. The molecule has 0 spiro atoms. The summed E-state index contributed by atoms with van der Waals surface area (Å²) in [5.41, 5.74) is 5.73. The molecule has 3 rings (SSSR count). The Hall–Kier alpha value is -2.92. The number of benzene rings is 2. The molecule has 0 saturated heterocycles. The topological polar surface area (TPSA) is 65.4 Å². The Morgan fingerprint density at radius 3 is 2.65 bits per heavy atom. The Morgan fingerprint density at radius 1 is 1.23 bits per heavy atom.